The van der Waals surface area contributed by atoms with Crippen molar-refractivity contribution in [2.45, 2.75) is 58.8 Å². The van der Waals surface area contributed by atoms with E-state index in [0.29, 0.717) is 5.92 Å². The van der Waals surface area contributed by atoms with Crippen LogP contribution in [0, 0.1) is 0 Å². The lowest BCUT2D eigenvalue weighted by Gasteiger charge is -2.14. The van der Waals surface area contributed by atoms with Crippen LogP contribution in [0.3, 0.4) is 0 Å². The molecule has 1 atom stereocenters. The van der Waals surface area contributed by atoms with E-state index in [2.05, 4.69) is 116 Å². The summed E-state index contributed by atoms with van der Waals surface area (Å²) in [5.74, 6) is 4.10. The maximum Gasteiger partial charge on any atom is 0.0734 e. The molecular formula is C40H44N2O. The lowest BCUT2D eigenvalue weighted by molar-refractivity contribution is 0.311. The molecule has 3 nitrogen and oxygen atoms in total. The number of hydrogen-bond donors (Lipinski definition) is 2. The van der Waals surface area contributed by atoms with Crippen molar-refractivity contribution >= 4 is 27.1 Å². The van der Waals surface area contributed by atoms with E-state index >= 15 is 0 Å². The third kappa shape index (κ3) is 7.19. The number of fused-ring (bicyclic) bond motifs is 5. The molecule has 43 heavy (non-hydrogen) atoms. The van der Waals surface area contributed by atoms with Gasteiger partial charge in [-0.05, 0) is 99.5 Å². The maximum atomic E-state index is 6.50. The normalized spacial score (nSPS) is 16.0. The summed E-state index contributed by atoms with van der Waals surface area (Å²) in [7, 11) is 0. The van der Waals surface area contributed by atoms with Crippen molar-refractivity contribution in [1.82, 2.24) is 4.98 Å². The van der Waals surface area contributed by atoms with E-state index in [-0.39, 0.29) is 0 Å². The lowest BCUT2D eigenvalue weighted by Crippen LogP contribution is -1.96. The molecule has 7 rings (SSSR count). The van der Waals surface area contributed by atoms with E-state index in [1.165, 1.54) is 61.4 Å². The zero-order chi connectivity index (χ0) is 30.8. The summed E-state index contributed by atoms with van der Waals surface area (Å²) in [5.41, 5.74) is 10.6. The first-order chi connectivity index (χ1) is 21.1. The van der Waals surface area contributed by atoms with E-state index in [1.54, 1.807) is 0 Å². The molecule has 220 valence electrons. The van der Waals surface area contributed by atoms with Crippen molar-refractivity contribution in [1.29, 1.82) is 0 Å². The standard InChI is InChI=1S/C19H15N.C19H20.C2H6.H3NO/c1-13-18-12-16-6-3-2-5-15(16)11-17(18)9-8-14-7-4-10-20-19(13)14;1-3-6-15-9-10-18-12-16-7-4-5-8-17(16)13-19(18)14(2)11-15;2*1-2/h2-7,10-12H,1,8-9H2;3-8,12-14H,1,9-11H2,2H3;1-2H3;2H,1H2/b;15-6-;;. The van der Waals surface area contributed by atoms with Crippen LogP contribution in [0.2, 0.25) is 0 Å². The van der Waals surface area contributed by atoms with Crippen LogP contribution in [-0.2, 0) is 19.3 Å². The van der Waals surface area contributed by atoms with Gasteiger partial charge < -0.3 is 5.21 Å². The summed E-state index contributed by atoms with van der Waals surface area (Å²) >= 11 is 0. The number of aromatic nitrogens is 1. The van der Waals surface area contributed by atoms with Crippen LogP contribution in [-0.4, -0.2) is 10.2 Å². The van der Waals surface area contributed by atoms with Crippen LogP contribution in [0.1, 0.15) is 73.0 Å². The molecule has 0 bridgehead atoms. The van der Waals surface area contributed by atoms with E-state index < -0.39 is 0 Å². The highest BCUT2D eigenvalue weighted by Crippen LogP contribution is 2.36. The Balaban J connectivity index is 0.000000177. The predicted octanol–water partition coefficient (Wildman–Crippen LogP) is 10.1. The minimum absolute atomic E-state index is 0.605. The summed E-state index contributed by atoms with van der Waals surface area (Å²) in [4.78, 5) is 4.54. The summed E-state index contributed by atoms with van der Waals surface area (Å²) in [6.07, 6.45) is 11.6. The van der Waals surface area contributed by atoms with Crippen LogP contribution in [0.15, 0.2) is 122 Å². The Morgan fingerprint density at radius 1 is 0.744 bits per heavy atom. The number of aryl methyl sites for hydroxylation is 3. The highest BCUT2D eigenvalue weighted by atomic mass is 16.4. The zero-order valence-electron chi connectivity index (χ0n) is 25.8. The second-order valence-electron chi connectivity index (χ2n) is 10.9. The Hall–Kier alpha value is -4.31. The van der Waals surface area contributed by atoms with Gasteiger partial charge in [0.2, 0.25) is 0 Å². The maximum absolute atomic E-state index is 6.50. The molecule has 0 radical (unpaired) electrons. The first-order valence-corrected chi connectivity index (χ1v) is 15.3. The third-order valence-corrected chi connectivity index (χ3v) is 8.31. The van der Waals surface area contributed by atoms with Crippen LogP contribution >= 0.6 is 0 Å². The van der Waals surface area contributed by atoms with Crippen molar-refractivity contribution in [2.24, 2.45) is 5.90 Å². The SMILES string of the molecule is C=C/C=C1/CCc2cc3ccccc3cc2C(C)C1.C=C1c2cc3ccccc3cc2CCc2cccnc21.CC.NO. The number of pyridine rings is 1. The summed E-state index contributed by atoms with van der Waals surface area (Å²) in [5, 5.41) is 11.8. The fourth-order valence-corrected chi connectivity index (χ4v) is 6.28. The van der Waals surface area contributed by atoms with Gasteiger partial charge in [0.1, 0.15) is 0 Å². The predicted molar refractivity (Wildman–Crippen MR) is 185 cm³/mol. The van der Waals surface area contributed by atoms with Crippen molar-refractivity contribution in [3.05, 3.63) is 156 Å². The van der Waals surface area contributed by atoms with Gasteiger partial charge in [0.05, 0.1) is 5.69 Å². The highest BCUT2D eigenvalue weighted by Gasteiger charge is 2.19. The summed E-state index contributed by atoms with van der Waals surface area (Å²) < 4.78 is 0. The van der Waals surface area contributed by atoms with Crippen molar-refractivity contribution in [2.75, 3.05) is 0 Å². The van der Waals surface area contributed by atoms with Crippen LogP contribution < -0.4 is 5.90 Å². The van der Waals surface area contributed by atoms with Gasteiger partial charge in [-0.25, -0.2) is 5.90 Å². The van der Waals surface area contributed by atoms with Crippen LogP contribution in [0.5, 0.6) is 0 Å². The molecule has 2 aliphatic carbocycles. The molecule has 0 saturated carbocycles. The molecule has 0 aliphatic heterocycles. The smallest absolute Gasteiger partial charge is 0.0734 e. The van der Waals surface area contributed by atoms with Crippen molar-refractivity contribution in [3.8, 4) is 0 Å². The first-order valence-electron chi connectivity index (χ1n) is 15.3. The topological polar surface area (TPSA) is 59.1 Å². The van der Waals surface area contributed by atoms with Crippen LogP contribution in [0.4, 0.5) is 0 Å². The molecule has 0 fully saturated rings. The second kappa shape index (κ2) is 15.2. The molecule has 3 N–H and O–H groups in total. The Bertz CT molecular complexity index is 1750. The zero-order valence-corrected chi connectivity index (χ0v) is 25.8. The van der Waals surface area contributed by atoms with Gasteiger partial charge in [-0.2, -0.15) is 0 Å². The van der Waals surface area contributed by atoms with E-state index in [9.17, 15) is 0 Å². The number of nitrogens with zero attached hydrogens (tertiary/aromatic N) is 1. The Labute approximate surface area is 257 Å². The second-order valence-corrected chi connectivity index (χ2v) is 10.9. The number of nitrogens with two attached hydrogens (primary N) is 1. The van der Waals surface area contributed by atoms with Gasteiger partial charge >= 0.3 is 0 Å². The summed E-state index contributed by atoms with van der Waals surface area (Å²) in [6.45, 7) is 14.5. The number of rotatable bonds is 1. The molecule has 1 unspecified atom stereocenters. The molecule has 5 aromatic rings. The minimum Gasteiger partial charge on any atom is -0.320 e. The highest BCUT2D eigenvalue weighted by molar-refractivity contribution is 5.91. The Morgan fingerprint density at radius 3 is 1.95 bits per heavy atom. The van der Waals surface area contributed by atoms with Gasteiger partial charge in [0.25, 0.3) is 0 Å². The van der Waals surface area contributed by atoms with Crippen LogP contribution in [0.25, 0.3) is 27.1 Å². The molecule has 0 saturated heterocycles. The molecular weight excluding hydrogens is 524 g/mol. The fourth-order valence-electron chi connectivity index (χ4n) is 6.28. The largest absolute Gasteiger partial charge is 0.320 e. The number of benzene rings is 4. The molecule has 0 amide bonds. The van der Waals surface area contributed by atoms with Gasteiger partial charge in [0.15, 0.2) is 0 Å². The average Bonchev–Trinajstić information content (AvgIpc) is 3.30. The minimum atomic E-state index is 0.605. The van der Waals surface area contributed by atoms with Gasteiger partial charge in [-0.1, -0.05) is 124 Å². The van der Waals surface area contributed by atoms with Gasteiger partial charge in [0, 0.05) is 11.8 Å². The molecule has 1 aromatic heterocycles. The molecule has 4 aromatic carbocycles. The first kappa shape index (κ1) is 31.6. The van der Waals surface area contributed by atoms with Crippen molar-refractivity contribution < 1.29 is 5.21 Å². The fraction of sp³-hybridized carbons (Fsp3) is 0.225. The molecule has 0 spiro atoms. The molecule has 2 aliphatic rings. The monoisotopic (exact) mass is 568 g/mol. The number of hydrogen-bond acceptors (Lipinski definition) is 3. The lowest BCUT2D eigenvalue weighted by atomic mass is 9.91. The number of allylic oxidation sites excluding steroid dienone is 3. The molecule has 3 heteroatoms. The van der Waals surface area contributed by atoms with E-state index in [1.807, 2.05) is 32.2 Å². The third-order valence-electron chi connectivity index (χ3n) is 8.31. The average molecular weight is 569 g/mol. The Morgan fingerprint density at radius 2 is 1.30 bits per heavy atom. The van der Waals surface area contributed by atoms with Crippen molar-refractivity contribution in [3.63, 3.8) is 0 Å². The van der Waals surface area contributed by atoms with Gasteiger partial charge in [-0.15, -0.1) is 0 Å². The van der Waals surface area contributed by atoms with E-state index in [4.69, 9.17) is 5.21 Å². The quantitative estimate of drug-likeness (QED) is 0.156. The van der Waals surface area contributed by atoms with Gasteiger partial charge in [-0.3, -0.25) is 4.98 Å². The van der Waals surface area contributed by atoms with E-state index in [0.717, 1.165) is 37.0 Å². The Kier molecular flexibility index (Phi) is 11.2. The summed E-state index contributed by atoms with van der Waals surface area (Å²) in [6, 6.07) is 30.7. The molecule has 1 heterocycles.